The van der Waals surface area contributed by atoms with Gasteiger partial charge in [-0.15, -0.1) is 0 Å². The number of rotatable bonds is 4. The molecule has 0 spiro atoms. The topological polar surface area (TPSA) is 103 Å². The summed E-state index contributed by atoms with van der Waals surface area (Å²) in [5, 5.41) is 7.52. The number of nitrogens with one attached hydrogen (secondary N) is 1. The lowest BCUT2D eigenvalue weighted by atomic mass is 9.86. The van der Waals surface area contributed by atoms with Crippen LogP contribution in [-0.4, -0.2) is 35.8 Å². The molecule has 0 bridgehead atoms. The van der Waals surface area contributed by atoms with Crippen molar-refractivity contribution in [3.63, 3.8) is 0 Å². The summed E-state index contributed by atoms with van der Waals surface area (Å²) in [5.74, 6) is 0.398. The fourth-order valence-corrected chi connectivity index (χ4v) is 4.05. The Morgan fingerprint density at radius 1 is 1.19 bits per heavy atom. The Kier molecular flexibility index (Phi) is 5.28. The van der Waals surface area contributed by atoms with E-state index in [2.05, 4.69) is 16.0 Å². The fourth-order valence-electron chi connectivity index (χ4n) is 4.05. The molecule has 3 N–H and O–H groups in total. The second kappa shape index (κ2) is 8.39. The average Bonchev–Trinajstić information content (AvgIpc) is 2.82. The molecule has 8 heteroatoms. The molecule has 1 unspecified atom stereocenters. The maximum atomic E-state index is 14.3. The van der Waals surface area contributed by atoms with Crippen LogP contribution in [0.3, 0.4) is 0 Å². The highest BCUT2D eigenvalue weighted by molar-refractivity contribution is 5.71. The van der Waals surface area contributed by atoms with Crippen molar-refractivity contribution in [3.8, 4) is 22.6 Å². The Morgan fingerprint density at radius 3 is 2.84 bits per heavy atom. The quantitative estimate of drug-likeness (QED) is 0.363. The minimum Gasteiger partial charge on any atom is -0.465 e. The zero-order valence-corrected chi connectivity index (χ0v) is 17.2. The highest BCUT2D eigenvalue weighted by Crippen LogP contribution is 2.46. The summed E-state index contributed by atoms with van der Waals surface area (Å²) in [4.78, 5) is 8.31. The van der Waals surface area contributed by atoms with Gasteiger partial charge in [-0.2, -0.15) is 4.39 Å². The van der Waals surface area contributed by atoms with Crippen LogP contribution < -0.4 is 10.5 Å². The molecule has 0 amide bonds. The Labute approximate surface area is 184 Å². The lowest BCUT2D eigenvalue weighted by Crippen LogP contribution is -2.22. The number of amidine groups is 1. The summed E-state index contributed by atoms with van der Waals surface area (Å²) in [5.41, 5.74) is 10.0. The second-order valence-electron chi connectivity index (χ2n) is 7.60. The first-order valence-corrected chi connectivity index (χ1v) is 10.3. The van der Waals surface area contributed by atoms with E-state index in [0.717, 1.165) is 28.8 Å². The first-order chi connectivity index (χ1) is 15.6. The molecule has 0 saturated carbocycles. The molecule has 162 valence electrons. The molecule has 4 heterocycles. The number of aromatic nitrogens is 2. The molecule has 2 aliphatic heterocycles. The number of halogens is 1. The van der Waals surface area contributed by atoms with Crippen LogP contribution in [0.25, 0.3) is 16.7 Å². The fraction of sp³-hybridized carbons (Fsp3) is 0.208. The lowest BCUT2D eigenvalue weighted by Gasteiger charge is -2.29. The van der Waals surface area contributed by atoms with Crippen molar-refractivity contribution < 1.29 is 18.6 Å². The molecule has 0 aliphatic carbocycles. The summed E-state index contributed by atoms with van der Waals surface area (Å²) in [6.45, 7) is 1.34. The van der Waals surface area contributed by atoms with Gasteiger partial charge < -0.3 is 19.9 Å². The van der Waals surface area contributed by atoms with Crippen molar-refractivity contribution in [2.45, 2.75) is 12.3 Å². The average molecular weight is 432 g/mol. The van der Waals surface area contributed by atoms with E-state index in [0.29, 0.717) is 35.8 Å². The molecular weight excluding hydrogens is 411 g/mol. The standard InChI is InChI=1S/C24H21FN4O3/c25-23-16(4-1-7-28-23)14-5-6-21-17(9-14)19(13-31-24(26)27)18-10-20(29-11-22(18)32-21)15-3-2-8-30-12-15/h1,3-7,9-11,19H,2,8,12-13H2,(H3,26,27). The number of benzene rings is 1. The summed E-state index contributed by atoms with van der Waals surface area (Å²) in [6.07, 6.45) is 6.07. The molecule has 2 aromatic heterocycles. The third kappa shape index (κ3) is 3.80. The van der Waals surface area contributed by atoms with Crippen molar-refractivity contribution in [1.29, 1.82) is 5.41 Å². The van der Waals surface area contributed by atoms with Gasteiger partial charge in [-0.3, -0.25) is 10.4 Å². The van der Waals surface area contributed by atoms with Gasteiger partial charge in [0.15, 0.2) is 0 Å². The second-order valence-corrected chi connectivity index (χ2v) is 7.60. The summed E-state index contributed by atoms with van der Waals surface area (Å²) in [6, 6.07) is 10.4. The van der Waals surface area contributed by atoms with Gasteiger partial charge in [0.05, 0.1) is 31.0 Å². The van der Waals surface area contributed by atoms with Gasteiger partial charge >= 0.3 is 0 Å². The summed E-state index contributed by atoms with van der Waals surface area (Å²) >= 11 is 0. The highest BCUT2D eigenvalue weighted by Gasteiger charge is 2.30. The van der Waals surface area contributed by atoms with Crippen molar-refractivity contribution in [2.75, 3.05) is 19.8 Å². The largest absolute Gasteiger partial charge is 0.465 e. The number of nitrogens with two attached hydrogens (primary N) is 1. The van der Waals surface area contributed by atoms with Gasteiger partial charge in [-0.25, -0.2) is 4.98 Å². The SMILES string of the molecule is N=C(N)OCC1c2cc(-c3cccnc3F)ccc2Oc2cnc(C3=CCCOC3)cc21. The molecule has 2 aliphatic rings. The van der Waals surface area contributed by atoms with E-state index in [1.54, 1.807) is 30.5 Å². The van der Waals surface area contributed by atoms with Crippen molar-refractivity contribution >= 4 is 11.6 Å². The van der Waals surface area contributed by atoms with Crippen LogP contribution in [0, 0.1) is 11.4 Å². The Balaban J connectivity index is 1.60. The molecule has 1 aromatic carbocycles. The summed E-state index contributed by atoms with van der Waals surface area (Å²) in [7, 11) is 0. The van der Waals surface area contributed by atoms with E-state index >= 15 is 0 Å². The van der Waals surface area contributed by atoms with Crippen molar-refractivity contribution in [1.82, 2.24) is 9.97 Å². The molecule has 7 nitrogen and oxygen atoms in total. The lowest BCUT2D eigenvalue weighted by molar-refractivity contribution is 0.164. The van der Waals surface area contributed by atoms with Crippen molar-refractivity contribution in [3.05, 3.63) is 77.6 Å². The number of fused-ring (bicyclic) bond motifs is 2. The van der Waals surface area contributed by atoms with Crippen LogP contribution in [0.5, 0.6) is 11.5 Å². The van der Waals surface area contributed by atoms with Gasteiger partial charge in [-0.1, -0.05) is 12.1 Å². The van der Waals surface area contributed by atoms with E-state index in [1.807, 2.05) is 12.1 Å². The maximum Gasteiger partial charge on any atom is 0.279 e. The van der Waals surface area contributed by atoms with Crippen molar-refractivity contribution in [2.24, 2.45) is 5.73 Å². The zero-order valence-electron chi connectivity index (χ0n) is 17.2. The van der Waals surface area contributed by atoms with Crippen LogP contribution in [0.4, 0.5) is 4.39 Å². The minimum absolute atomic E-state index is 0.136. The predicted octanol–water partition coefficient (Wildman–Crippen LogP) is 4.23. The third-order valence-electron chi connectivity index (χ3n) is 5.59. The van der Waals surface area contributed by atoms with Crippen LogP contribution in [-0.2, 0) is 9.47 Å². The van der Waals surface area contributed by atoms with Crippen LogP contribution in [0.15, 0.2) is 54.9 Å². The van der Waals surface area contributed by atoms with Gasteiger partial charge in [0.2, 0.25) is 5.95 Å². The smallest absolute Gasteiger partial charge is 0.279 e. The number of pyridine rings is 2. The van der Waals surface area contributed by atoms with E-state index < -0.39 is 5.95 Å². The van der Waals surface area contributed by atoms with Crippen LogP contribution in [0.2, 0.25) is 0 Å². The number of nitrogens with zero attached hydrogens (tertiary/aromatic N) is 2. The molecule has 0 fully saturated rings. The van der Waals surface area contributed by atoms with Crippen LogP contribution >= 0.6 is 0 Å². The van der Waals surface area contributed by atoms with E-state index in [-0.39, 0.29) is 18.5 Å². The van der Waals surface area contributed by atoms with Gasteiger partial charge in [0, 0.05) is 22.9 Å². The molecule has 5 rings (SSSR count). The summed E-state index contributed by atoms with van der Waals surface area (Å²) < 4.78 is 31.4. The van der Waals surface area contributed by atoms with E-state index in [9.17, 15) is 4.39 Å². The van der Waals surface area contributed by atoms with Crippen LogP contribution in [0.1, 0.15) is 29.2 Å². The maximum absolute atomic E-state index is 14.3. The Morgan fingerprint density at radius 2 is 2.06 bits per heavy atom. The predicted molar refractivity (Wildman–Crippen MR) is 117 cm³/mol. The minimum atomic E-state index is -0.545. The molecular formula is C24H21FN4O3. The third-order valence-corrected chi connectivity index (χ3v) is 5.59. The number of ether oxygens (including phenoxy) is 3. The van der Waals surface area contributed by atoms with E-state index in [1.165, 1.54) is 6.20 Å². The molecule has 0 radical (unpaired) electrons. The zero-order chi connectivity index (χ0) is 22.1. The van der Waals surface area contributed by atoms with E-state index in [4.69, 9.17) is 25.4 Å². The highest BCUT2D eigenvalue weighted by atomic mass is 19.1. The van der Waals surface area contributed by atoms with Gasteiger partial charge in [0.1, 0.15) is 18.1 Å². The molecule has 3 aromatic rings. The van der Waals surface area contributed by atoms with Gasteiger partial charge in [-0.05, 0) is 47.9 Å². The number of hydrogen-bond donors (Lipinski definition) is 2. The normalized spacial score (nSPS) is 16.9. The van der Waals surface area contributed by atoms with Gasteiger partial charge in [0.25, 0.3) is 6.02 Å². The molecule has 1 atom stereocenters. The monoisotopic (exact) mass is 432 g/mol. The Hall–Kier alpha value is -3.78. The molecule has 32 heavy (non-hydrogen) atoms. The first kappa shape index (κ1) is 20.1. The first-order valence-electron chi connectivity index (χ1n) is 10.3. The molecule has 0 saturated heterocycles. The number of hydrogen-bond acceptors (Lipinski definition) is 6. The Bertz CT molecular complexity index is 1230.